The van der Waals surface area contributed by atoms with Crippen LogP contribution in [0.3, 0.4) is 0 Å². The second-order valence-corrected chi connectivity index (χ2v) is 9.24. The van der Waals surface area contributed by atoms with E-state index in [1.807, 2.05) is 0 Å². The van der Waals surface area contributed by atoms with E-state index in [0.29, 0.717) is 24.0 Å². The van der Waals surface area contributed by atoms with E-state index >= 15 is 0 Å². The number of aliphatic hydroxyl groups is 2. The molecule has 0 amide bonds. The Labute approximate surface area is 176 Å². The summed E-state index contributed by atoms with van der Waals surface area (Å²) in [6, 6.07) is 14.8. The van der Waals surface area contributed by atoms with Crippen molar-refractivity contribution in [1.82, 2.24) is 0 Å². The lowest BCUT2D eigenvalue weighted by Crippen LogP contribution is -2.35. The molecule has 0 bridgehead atoms. The summed E-state index contributed by atoms with van der Waals surface area (Å²) in [5, 5.41) is 19.3. The standard InChI is InChI=1S/C23H24O6S/c1-16(18-5-3-2-4-6-18)30(27,28)22-10-7-17(8-11-22)9-12-23(26)29-21-14-19(24)13-20(25)15-21/h2-12,19-21,24-25H,1,13-15H2/b12-9+. The molecule has 2 aromatic carbocycles. The minimum absolute atomic E-state index is 0.0202. The summed E-state index contributed by atoms with van der Waals surface area (Å²) in [5.41, 5.74) is 1.15. The van der Waals surface area contributed by atoms with Crippen molar-refractivity contribution in [3.8, 4) is 0 Å². The number of carbonyl (C=O) groups excluding carboxylic acids is 1. The lowest BCUT2D eigenvalue weighted by atomic mass is 9.92. The van der Waals surface area contributed by atoms with Gasteiger partial charge in [0.15, 0.2) is 0 Å². The largest absolute Gasteiger partial charge is 0.459 e. The van der Waals surface area contributed by atoms with Crippen molar-refractivity contribution in [2.45, 2.75) is 42.5 Å². The van der Waals surface area contributed by atoms with Gasteiger partial charge in [0.1, 0.15) is 6.10 Å². The Bertz CT molecular complexity index is 1020. The molecule has 2 unspecified atom stereocenters. The van der Waals surface area contributed by atoms with E-state index in [2.05, 4.69) is 6.58 Å². The van der Waals surface area contributed by atoms with Gasteiger partial charge in [-0.25, -0.2) is 13.2 Å². The van der Waals surface area contributed by atoms with Crippen molar-refractivity contribution in [1.29, 1.82) is 0 Å². The third-order valence-electron chi connectivity index (χ3n) is 4.92. The Morgan fingerprint density at radius 3 is 2.17 bits per heavy atom. The third kappa shape index (κ3) is 5.44. The van der Waals surface area contributed by atoms with Gasteiger partial charge in [-0.15, -0.1) is 0 Å². The van der Waals surface area contributed by atoms with Gasteiger partial charge in [0, 0.05) is 18.9 Å². The Balaban J connectivity index is 1.64. The quantitative estimate of drug-likeness (QED) is 0.542. The zero-order valence-electron chi connectivity index (χ0n) is 16.3. The predicted molar refractivity (Wildman–Crippen MR) is 114 cm³/mol. The number of hydrogen-bond donors (Lipinski definition) is 2. The van der Waals surface area contributed by atoms with Gasteiger partial charge in [0.25, 0.3) is 0 Å². The summed E-state index contributed by atoms with van der Waals surface area (Å²) in [7, 11) is -3.73. The maximum absolute atomic E-state index is 12.8. The summed E-state index contributed by atoms with van der Waals surface area (Å²) in [6.45, 7) is 3.72. The highest BCUT2D eigenvalue weighted by molar-refractivity contribution is 8.00. The highest BCUT2D eigenvalue weighted by Gasteiger charge is 2.28. The molecule has 0 spiro atoms. The maximum Gasteiger partial charge on any atom is 0.331 e. The first-order valence-corrected chi connectivity index (χ1v) is 11.1. The second kappa shape index (κ2) is 9.38. The van der Waals surface area contributed by atoms with Crippen molar-refractivity contribution < 1.29 is 28.2 Å². The van der Waals surface area contributed by atoms with Gasteiger partial charge in [-0.05, 0) is 35.8 Å². The fourth-order valence-corrected chi connectivity index (χ4v) is 4.58. The van der Waals surface area contributed by atoms with E-state index in [1.165, 1.54) is 24.3 Å². The van der Waals surface area contributed by atoms with Crippen LogP contribution >= 0.6 is 0 Å². The molecule has 0 aromatic heterocycles. The molecular weight excluding hydrogens is 404 g/mol. The Hall–Kier alpha value is -2.74. The number of aliphatic hydroxyl groups excluding tert-OH is 2. The topological polar surface area (TPSA) is 101 Å². The number of ether oxygens (including phenoxy) is 1. The second-order valence-electron chi connectivity index (χ2n) is 7.27. The van der Waals surface area contributed by atoms with Gasteiger partial charge < -0.3 is 14.9 Å². The van der Waals surface area contributed by atoms with E-state index in [9.17, 15) is 23.4 Å². The molecule has 1 aliphatic carbocycles. The molecule has 0 aliphatic heterocycles. The summed E-state index contributed by atoms with van der Waals surface area (Å²) in [6.07, 6.45) is 1.74. The molecule has 1 saturated carbocycles. The molecule has 2 aromatic rings. The molecular formula is C23H24O6S. The van der Waals surface area contributed by atoms with E-state index in [4.69, 9.17) is 4.74 Å². The van der Waals surface area contributed by atoms with Crippen molar-refractivity contribution in [2.24, 2.45) is 0 Å². The molecule has 3 rings (SSSR count). The van der Waals surface area contributed by atoms with Gasteiger partial charge >= 0.3 is 5.97 Å². The molecule has 158 valence electrons. The number of benzene rings is 2. The van der Waals surface area contributed by atoms with Crippen molar-refractivity contribution in [3.63, 3.8) is 0 Å². The van der Waals surface area contributed by atoms with Crippen molar-refractivity contribution in [2.75, 3.05) is 0 Å². The monoisotopic (exact) mass is 428 g/mol. The van der Waals surface area contributed by atoms with E-state index in [0.717, 1.165) is 0 Å². The fourth-order valence-electron chi connectivity index (χ4n) is 3.35. The average molecular weight is 429 g/mol. The first-order valence-electron chi connectivity index (χ1n) is 9.60. The maximum atomic E-state index is 12.8. The first-order chi connectivity index (χ1) is 14.3. The van der Waals surface area contributed by atoms with Crippen LogP contribution in [0.2, 0.25) is 0 Å². The van der Waals surface area contributed by atoms with E-state index < -0.39 is 34.1 Å². The van der Waals surface area contributed by atoms with Gasteiger partial charge in [0.2, 0.25) is 9.84 Å². The SMILES string of the molecule is C=C(c1ccccc1)S(=O)(=O)c1ccc(/C=C/C(=O)OC2CC(O)CC(O)C2)cc1. The molecule has 30 heavy (non-hydrogen) atoms. The van der Waals surface area contributed by atoms with Crippen molar-refractivity contribution >= 4 is 26.8 Å². The lowest BCUT2D eigenvalue weighted by Gasteiger charge is -2.28. The molecule has 0 heterocycles. The number of rotatable bonds is 6. The minimum atomic E-state index is -3.73. The summed E-state index contributed by atoms with van der Waals surface area (Å²) >= 11 is 0. The number of carbonyl (C=O) groups is 1. The zero-order chi connectivity index (χ0) is 21.7. The fraction of sp³-hybridized carbons (Fsp3) is 0.261. The Morgan fingerprint density at radius 2 is 1.57 bits per heavy atom. The van der Waals surface area contributed by atoms with Crippen LogP contribution in [-0.4, -0.2) is 42.9 Å². The van der Waals surface area contributed by atoms with E-state index in [-0.39, 0.29) is 16.2 Å². The average Bonchev–Trinajstić information content (AvgIpc) is 2.72. The van der Waals surface area contributed by atoms with Gasteiger partial charge in [0.05, 0.1) is 22.0 Å². The summed E-state index contributed by atoms with van der Waals surface area (Å²) in [5.74, 6) is -0.588. The molecule has 1 fully saturated rings. The highest BCUT2D eigenvalue weighted by atomic mass is 32.2. The summed E-state index contributed by atoms with van der Waals surface area (Å²) in [4.78, 5) is 12.1. The van der Waals surface area contributed by atoms with Crippen LogP contribution in [0, 0.1) is 0 Å². The van der Waals surface area contributed by atoms with E-state index in [1.54, 1.807) is 42.5 Å². The molecule has 7 heteroatoms. The van der Waals surface area contributed by atoms with Gasteiger partial charge in [-0.3, -0.25) is 0 Å². The molecule has 2 atom stereocenters. The van der Waals surface area contributed by atoms with Crippen LogP contribution in [0.15, 0.2) is 72.1 Å². The molecule has 2 N–H and O–H groups in total. The van der Waals surface area contributed by atoms with Crippen LogP contribution in [0.25, 0.3) is 11.0 Å². The number of hydrogen-bond acceptors (Lipinski definition) is 6. The molecule has 1 aliphatic rings. The van der Waals surface area contributed by atoms with Crippen LogP contribution in [0.4, 0.5) is 0 Å². The van der Waals surface area contributed by atoms with Crippen LogP contribution in [-0.2, 0) is 19.4 Å². The zero-order valence-corrected chi connectivity index (χ0v) is 17.2. The number of sulfone groups is 1. The van der Waals surface area contributed by atoms with Gasteiger partial charge in [-0.2, -0.15) is 0 Å². The molecule has 0 radical (unpaired) electrons. The first kappa shape index (κ1) is 22.0. The lowest BCUT2D eigenvalue weighted by molar-refractivity contribution is -0.148. The predicted octanol–water partition coefficient (Wildman–Crippen LogP) is 2.96. The van der Waals surface area contributed by atoms with Crippen molar-refractivity contribution in [3.05, 3.63) is 78.4 Å². The molecule has 6 nitrogen and oxygen atoms in total. The highest BCUT2D eigenvalue weighted by Crippen LogP contribution is 2.26. The Kier molecular flexibility index (Phi) is 6.87. The van der Waals surface area contributed by atoms with Crippen LogP contribution in [0.5, 0.6) is 0 Å². The number of esters is 1. The summed E-state index contributed by atoms with van der Waals surface area (Å²) < 4.78 is 30.8. The molecule has 0 saturated heterocycles. The van der Waals surface area contributed by atoms with Crippen LogP contribution in [0.1, 0.15) is 30.4 Å². The minimum Gasteiger partial charge on any atom is -0.459 e. The van der Waals surface area contributed by atoms with Crippen LogP contribution < -0.4 is 0 Å². The van der Waals surface area contributed by atoms with Gasteiger partial charge in [-0.1, -0.05) is 49.0 Å². The third-order valence-corrected chi connectivity index (χ3v) is 6.70. The smallest absolute Gasteiger partial charge is 0.331 e. The normalized spacial score (nSPS) is 22.0. The Morgan fingerprint density at radius 1 is 0.967 bits per heavy atom.